The molecule has 5 rings (SSSR count). The van der Waals surface area contributed by atoms with E-state index in [0.29, 0.717) is 5.56 Å². The second-order valence-electron chi connectivity index (χ2n) is 8.82. The van der Waals surface area contributed by atoms with Gasteiger partial charge >= 0.3 is 6.18 Å². The Hall–Kier alpha value is -2.70. The fourth-order valence-electron chi connectivity index (χ4n) is 4.76. The zero-order valence-corrected chi connectivity index (χ0v) is 18.9. The molecule has 7 nitrogen and oxygen atoms in total. The minimum atomic E-state index is -4.76. The van der Waals surface area contributed by atoms with Crippen LogP contribution in [-0.4, -0.2) is 61.8 Å². The largest absolute Gasteiger partial charge is 0.472 e. The number of carbonyl (C=O) groups excluding carboxylic acids is 1. The number of alkyl halides is 5. The summed E-state index contributed by atoms with van der Waals surface area (Å²) < 4.78 is 74.7. The van der Waals surface area contributed by atoms with E-state index in [1.807, 2.05) is 0 Å². The lowest BCUT2D eigenvalue weighted by Gasteiger charge is -2.39. The summed E-state index contributed by atoms with van der Waals surface area (Å²) in [5, 5.41) is 10.7. The topological polar surface area (TPSA) is 74.2 Å². The summed E-state index contributed by atoms with van der Waals surface area (Å²) in [6.07, 6.45) is -2.87. The van der Waals surface area contributed by atoms with Gasteiger partial charge in [-0.2, -0.15) is 13.2 Å². The molecule has 0 bridgehead atoms. The van der Waals surface area contributed by atoms with Gasteiger partial charge in [0.2, 0.25) is 11.8 Å². The highest BCUT2D eigenvalue weighted by molar-refractivity contribution is 6.30. The highest BCUT2D eigenvalue weighted by Gasteiger charge is 2.45. The van der Waals surface area contributed by atoms with Gasteiger partial charge in [0.25, 0.3) is 0 Å². The summed E-state index contributed by atoms with van der Waals surface area (Å²) in [7, 11) is 0. The number of imidazole rings is 1. The number of aliphatic hydroxyl groups excluding tert-OH is 1. The molecule has 3 aromatic heterocycles. The standard InChI is InChI=1S/C22H20ClF5N4O3/c23-18-17(20(34)30-4-5-31(16(33)10-30)14-1-3-21(24,25)8-14)29-19-15(22(26,27)28)7-13(9-32(18)19)12-2-6-35-11-12/h2,6-7,9,11,14,20,34H,1,3-5,8,10H2. The molecule has 2 atom stereocenters. The van der Waals surface area contributed by atoms with Crippen molar-refractivity contribution in [3.05, 3.63) is 47.3 Å². The van der Waals surface area contributed by atoms with Crippen LogP contribution in [0.25, 0.3) is 16.8 Å². The van der Waals surface area contributed by atoms with Crippen LogP contribution in [0.2, 0.25) is 5.15 Å². The fraction of sp³-hybridized carbons (Fsp3) is 0.455. The molecule has 0 radical (unpaired) electrons. The predicted molar refractivity (Wildman–Crippen MR) is 114 cm³/mol. The van der Waals surface area contributed by atoms with Crippen LogP contribution in [0.5, 0.6) is 0 Å². The van der Waals surface area contributed by atoms with Gasteiger partial charge in [-0.1, -0.05) is 11.6 Å². The average molecular weight is 519 g/mol. The molecule has 1 aliphatic heterocycles. The number of carbonyl (C=O) groups is 1. The van der Waals surface area contributed by atoms with E-state index in [9.17, 15) is 31.9 Å². The van der Waals surface area contributed by atoms with Crippen molar-refractivity contribution in [1.82, 2.24) is 19.2 Å². The first kappa shape index (κ1) is 24.0. The molecule has 1 saturated carbocycles. The van der Waals surface area contributed by atoms with Gasteiger partial charge in [-0.3, -0.25) is 14.1 Å². The summed E-state index contributed by atoms with van der Waals surface area (Å²) in [5.41, 5.74) is -1.23. The first-order valence-corrected chi connectivity index (χ1v) is 11.2. The minimum absolute atomic E-state index is 0.0973. The number of halogens is 6. The van der Waals surface area contributed by atoms with E-state index in [0.717, 1.165) is 10.5 Å². The highest BCUT2D eigenvalue weighted by Crippen LogP contribution is 2.40. The number of aliphatic hydroxyl groups is 1. The molecule has 0 aromatic carbocycles. The number of pyridine rings is 1. The summed E-state index contributed by atoms with van der Waals surface area (Å²) in [6.45, 7) is -0.0918. The Kier molecular flexibility index (Phi) is 5.80. The van der Waals surface area contributed by atoms with Crippen molar-refractivity contribution in [2.24, 2.45) is 0 Å². The molecule has 13 heteroatoms. The molecule has 0 spiro atoms. The van der Waals surface area contributed by atoms with E-state index < -0.39 is 47.9 Å². The number of furan rings is 1. The monoisotopic (exact) mass is 518 g/mol. The lowest BCUT2D eigenvalue weighted by Crippen LogP contribution is -2.54. The normalized spacial score (nSPS) is 22.3. The molecule has 2 unspecified atom stereocenters. The third-order valence-corrected chi connectivity index (χ3v) is 6.92. The molecule has 2 fully saturated rings. The third kappa shape index (κ3) is 4.38. The lowest BCUT2D eigenvalue weighted by atomic mass is 10.1. The zero-order valence-electron chi connectivity index (χ0n) is 18.1. The van der Waals surface area contributed by atoms with E-state index in [1.165, 1.54) is 34.6 Å². The predicted octanol–water partition coefficient (Wildman–Crippen LogP) is 4.59. The van der Waals surface area contributed by atoms with Crippen LogP contribution in [0.15, 0.2) is 35.3 Å². The van der Waals surface area contributed by atoms with Crippen molar-refractivity contribution in [3.63, 3.8) is 0 Å². The Morgan fingerprint density at radius 1 is 1.26 bits per heavy atom. The molecule has 2 aliphatic rings. The molecular formula is C22H20ClF5N4O3. The molecule has 188 valence electrons. The van der Waals surface area contributed by atoms with E-state index in [-0.39, 0.29) is 48.9 Å². The quantitative estimate of drug-likeness (QED) is 0.512. The number of rotatable bonds is 4. The number of nitrogens with zero attached hydrogens (tertiary/aromatic N) is 4. The molecular weight excluding hydrogens is 499 g/mol. The molecule has 1 aliphatic carbocycles. The average Bonchev–Trinajstić information content (AvgIpc) is 3.51. The molecule has 1 saturated heterocycles. The molecule has 1 amide bonds. The molecule has 35 heavy (non-hydrogen) atoms. The van der Waals surface area contributed by atoms with Crippen molar-refractivity contribution in [1.29, 1.82) is 0 Å². The summed E-state index contributed by atoms with van der Waals surface area (Å²) in [6, 6.07) is 1.83. The van der Waals surface area contributed by atoms with E-state index in [1.54, 1.807) is 0 Å². The maximum Gasteiger partial charge on any atom is 0.420 e. The van der Waals surface area contributed by atoms with Crippen LogP contribution in [0.1, 0.15) is 36.7 Å². The summed E-state index contributed by atoms with van der Waals surface area (Å²) in [4.78, 5) is 19.4. The van der Waals surface area contributed by atoms with Gasteiger partial charge in [-0.15, -0.1) is 0 Å². The Morgan fingerprint density at radius 2 is 2.03 bits per heavy atom. The number of piperazine rings is 1. The first-order chi connectivity index (χ1) is 16.4. The van der Waals surface area contributed by atoms with Gasteiger partial charge in [0.15, 0.2) is 11.9 Å². The maximum atomic E-state index is 13.8. The second kappa shape index (κ2) is 8.45. The van der Waals surface area contributed by atoms with Crippen LogP contribution < -0.4 is 0 Å². The number of hydrogen-bond donors (Lipinski definition) is 1. The maximum absolute atomic E-state index is 13.8. The Balaban J connectivity index is 1.44. The summed E-state index contributed by atoms with van der Waals surface area (Å²) in [5.74, 6) is -3.26. The number of hydrogen-bond acceptors (Lipinski definition) is 5. The van der Waals surface area contributed by atoms with Crippen molar-refractivity contribution in [2.75, 3.05) is 19.6 Å². The Labute approximate surface area is 200 Å². The smallest absolute Gasteiger partial charge is 0.420 e. The summed E-state index contributed by atoms with van der Waals surface area (Å²) >= 11 is 6.37. The van der Waals surface area contributed by atoms with Gasteiger partial charge in [0.05, 0.1) is 24.6 Å². The molecule has 1 N–H and O–H groups in total. The second-order valence-corrected chi connectivity index (χ2v) is 9.18. The van der Waals surface area contributed by atoms with Crippen molar-refractivity contribution in [2.45, 2.75) is 43.6 Å². The van der Waals surface area contributed by atoms with Gasteiger partial charge < -0.3 is 14.4 Å². The van der Waals surface area contributed by atoms with Gasteiger partial charge in [0.1, 0.15) is 10.8 Å². The van der Waals surface area contributed by atoms with Crippen molar-refractivity contribution >= 4 is 23.2 Å². The zero-order chi connectivity index (χ0) is 25.1. The van der Waals surface area contributed by atoms with Crippen LogP contribution in [0.3, 0.4) is 0 Å². The Bertz CT molecular complexity index is 1260. The third-order valence-electron chi connectivity index (χ3n) is 6.54. The Morgan fingerprint density at radius 3 is 2.63 bits per heavy atom. The highest BCUT2D eigenvalue weighted by atomic mass is 35.5. The SMILES string of the molecule is O=C1CN(C(O)c2nc3c(C(F)(F)F)cc(-c4ccoc4)cn3c2Cl)CCN1C1CCC(F)(F)C1. The van der Waals surface area contributed by atoms with Crippen molar-refractivity contribution in [3.8, 4) is 11.1 Å². The van der Waals surface area contributed by atoms with E-state index in [2.05, 4.69) is 4.98 Å². The fourth-order valence-corrected chi connectivity index (χ4v) is 5.03. The van der Waals surface area contributed by atoms with Gasteiger partial charge in [0, 0.05) is 49.3 Å². The molecule has 4 heterocycles. The van der Waals surface area contributed by atoms with Crippen LogP contribution in [0.4, 0.5) is 22.0 Å². The van der Waals surface area contributed by atoms with Crippen molar-refractivity contribution < 1.29 is 36.3 Å². The number of aromatic nitrogens is 2. The first-order valence-electron chi connectivity index (χ1n) is 10.9. The van der Waals surface area contributed by atoms with Crippen LogP contribution >= 0.6 is 11.6 Å². The van der Waals surface area contributed by atoms with Gasteiger partial charge in [-0.05, 0) is 18.6 Å². The van der Waals surface area contributed by atoms with Gasteiger partial charge in [-0.25, -0.2) is 13.8 Å². The van der Waals surface area contributed by atoms with E-state index in [4.69, 9.17) is 16.0 Å². The number of fused-ring (bicyclic) bond motifs is 1. The van der Waals surface area contributed by atoms with Crippen LogP contribution in [0, 0.1) is 0 Å². The van der Waals surface area contributed by atoms with Crippen LogP contribution in [-0.2, 0) is 11.0 Å². The van der Waals surface area contributed by atoms with E-state index >= 15 is 0 Å². The molecule has 3 aromatic rings. The number of amides is 1. The lowest BCUT2D eigenvalue weighted by molar-refractivity contribution is -0.145. The minimum Gasteiger partial charge on any atom is -0.472 e.